The number of aromatic nitrogens is 2. The normalized spacial score (nSPS) is 16.0. The number of carbonyl (C=O) groups is 3. The quantitative estimate of drug-likeness (QED) is 0.646. The van der Waals surface area contributed by atoms with Crippen molar-refractivity contribution >= 4 is 17.8 Å². The third kappa shape index (κ3) is 4.40. The molecule has 1 aromatic heterocycles. The van der Waals surface area contributed by atoms with Gasteiger partial charge in [0.1, 0.15) is 0 Å². The summed E-state index contributed by atoms with van der Waals surface area (Å²) in [6, 6.07) is 9.82. The van der Waals surface area contributed by atoms with E-state index in [1.165, 1.54) is 4.90 Å². The molecule has 2 heterocycles. The van der Waals surface area contributed by atoms with Gasteiger partial charge in [0.25, 0.3) is 5.91 Å². The number of esters is 1. The fraction of sp³-hybridized carbons (Fsp3) is 0.500. The van der Waals surface area contributed by atoms with Gasteiger partial charge in [0.05, 0.1) is 24.8 Å². The molecule has 8 nitrogen and oxygen atoms in total. The summed E-state index contributed by atoms with van der Waals surface area (Å²) in [5, 5.41) is 4.64. The topological polar surface area (TPSA) is 84.7 Å². The molecule has 0 spiro atoms. The van der Waals surface area contributed by atoms with Gasteiger partial charge in [-0.05, 0) is 51.2 Å². The second-order valence-electron chi connectivity index (χ2n) is 8.44. The number of hydrogen-bond acceptors (Lipinski definition) is 5. The standard InChI is InChI=1S/C24H30N4O4/c1-3-32-24(31)17-12-14-27(15-13-17)21(29)16-26(2)23(30)22-19-10-7-11-20(19)28(25-22)18-8-5-4-6-9-18/h4-6,8-9,17H,3,7,10-16H2,1-2H3. The molecule has 8 heteroatoms. The first-order chi connectivity index (χ1) is 15.5. The van der Waals surface area contributed by atoms with E-state index in [1.807, 2.05) is 35.0 Å². The lowest BCUT2D eigenvalue weighted by molar-refractivity contribution is -0.151. The first kappa shape index (κ1) is 22.0. The summed E-state index contributed by atoms with van der Waals surface area (Å²) in [7, 11) is 1.65. The second kappa shape index (κ2) is 9.54. The number of hydrogen-bond donors (Lipinski definition) is 0. The minimum atomic E-state index is -0.229. The molecule has 1 saturated heterocycles. The Balaban J connectivity index is 1.41. The molecule has 2 aromatic rings. The van der Waals surface area contributed by atoms with E-state index in [0.717, 1.165) is 36.2 Å². The Labute approximate surface area is 188 Å². The van der Waals surface area contributed by atoms with Crippen LogP contribution in [0, 0.1) is 5.92 Å². The molecule has 1 fully saturated rings. The molecule has 2 aliphatic rings. The molecule has 2 amide bonds. The van der Waals surface area contributed by atoms with Crippen LogP contribution in [0.5, 0.6) is 0 Å². The van der Waals surface area contributed by atoms with Gasteiger partial charge in [0, 0.05) is 31.4 Å². The van der Waals surface area contributed by atoms with Crippen molar-refractivity contribution in [3.05, 3.63) is 47.3 Å². The van der Waals surface area contributed by atoms with Gasteiger partial charge in [-0.1, -0.05) is 18.2 Å². The van der Waals surface area contributed by atoms with E-state index in [4.69, 9.17) is 4.74 Å². The Kier molecular flexibility index (Phi) is 6.58. The highest BCUT2D eigenvalue weighted by molar-refractivity contribution is 5.96. The highest BCUT2D eigenvalue weighted by atomic mass is 16.5. The lowest BCUT2D eigenvalue weighted by atomic mass is 9.97. The smallest absolute Gasteiger partial charge is 0.309 e. The fourth-order valence-electron chi connectivity index (χ4n) is 4.57. The summed E-state index contributed by atoms with van der Waals surface area (Å²) in [4.78, 5) is 41.1. The van der Waals surface area contributed by atoms with Crippen LogP contribution in [0.1, 0.15) is 47.9 Å². The van der Waals surface area contributed by atoms with Crippen LogP contribution in [0.4, 0.5) is 0 Å². The molecule has 0 atom stereocenters. The Morgan fingerprint density at radius 1 is 1.12 bits per heavy atom. The molecule has 32 heavy (non-hydrogen) atoms. The van der Waals surface area contributed by atoms with Gasteiger partial charge in [-0.25, -0.2) is 4.68 Å². The SMILES string of the molecule is CCOC(=O)C1CCN(C(=O)CN(C)C(=O)c2nn(-c3ccccc3)c3c2CCC3)CC1. The highest BCUT2D eigenvalue weighted by Gasteiger charge is 2.31. The Morgan fingerprint density at radius 2 is 1.84 bits per heavy atom. The number of carbonyl (C=O) groups excluding carboxylic acids is 3. The van der Waals surface area contributed by atoms with Gasteiger partial charge in [0.2, 0.25) is 5.91 Å². The van der Waals surface area contributed by atoms with Crippen LogP contribution >= 0.6 is 0 Å². The van der Waals surface area contributed by atoms with Crippen LogP contribution in [0.25, 0.3) is 5.69 Å². The van der Waals surface area contributed by atoms with Crippen LogP contribution in [-0.2, 0) is 27.2 Å². The van der Waals surface area contributed by atoms with Crippen LogP contribution < -0.4 is 0 Å². The molecular weight excluding hydrogens is 408 g/mol. The zero-order chi connectivity index (χ0) is 22.7. The third-order valence-corrected chi connectivity index (χ3v) is 6.32. The van der Waals surface area contributed by atoms with Crippen molar-refractivity contribution in [2.75, 3.05) is 33.3 Å². The largest absolute Gasteiger partial charge is 0.466 e. The summed E-state index contributed by atoms with van der Waals surface area (Å²) in [6.07, 6.45) is 3.90. The number of nitrogens with zero attached hydrogens (tertiary/aromatic N) is 4. The second-order valence-corrected chi connectivity index (χ2v) is 8.44. The molecule has 0 bridgehead atoms. The van der Waals surface area contributed by atoms with Crippen LogP contribution in [0.2, 0.25) is 0 Å². The van der Waals surface area contributed by atoms with E-state index in [9.17, 15) is 14.4 Å². The first-order valence-electron chi connectivity index (χ1n) is 11.4. The lowest BCUT2D eigenvalue weighted by Crippen LogP contribution is -2.45. The molecule has 0 unspecified atom stereocenters. The Hall–Kier alpha value is -3.16. The number of likely N-dealkylation sites (N-methyl/N-ethyl adjacent to an activating group) is 1. The van der Waals surface area contributed by atoms with E-state index in [1.54, 1.807) is 18.9 Å². The number of rotatable bonds is 6. The minimum absolute atomic E-state index is 0.00409. The predicted octanol–water partition coefficient (Wildman–Crippen LogP) is 2.23. The van der Waals surface area contributed by atoms with Crippen molar-refractivity contribution in [3.63, 3.8) is 0 Å². The Bertz CT molecular complexity index is 993. The van der Waals surface area contributed by atoms with Crippen molar-refractivity contribution in [1.82, 2.24) is 19.6 Å². The molecule has 1 aromatic carbocycles. The third-order valence-electron chi connectivity index (χ3n) is 6.32. The monoisotopic (exact) mass is 438 g/mol. The molecule has 0 radical (unpaired) electrons. The molecule has 0 N–H and O–H groups in total. The van der Waals surface area contributed by atoms with E-state index in [0.29, 0.717) is 38.2 Å². The van der Waals surface area contributed by atoms with Crippen molar-refractivity contribution < 1.29 is 19.1 Å². The average Bonchev–Trinajstić information content (AvgIpc) is 3.42. The van der Waals surface area contributed by atoms with E-state index >= 15 is 0 Å². The summed E-state index contributed by atoms with van der Waals surface area (Å²) in [5.74, 6) is -0.674. The molecule has 170 valence electrons. The zero-order valence-electron chi connectivity index (χ0n) is 18.7. The minimum Gasteiger partial charge on any atom is -0.466 e. The Morgan fingerprint density at radius 3 is 2.53 bits per heavy atom. The number of amides is 2. The number of benzene rings is 1. The lowest BCUT2D eigenvalue weighted by Gasteiger charge is -2.32. The van der Waals surface area contributed by atoms with Crippen molar-refractivity contribution in [3.8, 4) is 5.69 Å². The maximum Gasteiger partial charge on any atom is 0.309 e. The number of fused-ring (bicyclic) bond motifs is 1. The maximum absolute atomic E-state index is 13.2. The van der Waals surface area contributed by atoms with Crippen molar-refractivity contribution in [1.29, 1.82) is 0 Å². The van der Waals surface area contributed by atoms with E-state index in [2.05, 4.69) is 5.10 Å². The van der Waals surface area contributed by atoms with Crippen LogP contribution in [0.3, 0.4) is 0 Å². The number of likely N-dealkylation sites (tertiary alicyclic amines) is 1. The fourth-order valence-corrected chi connectivity index (χ4v) is 4.57. The van der Waals surface area contributed by atoms with Gasteiger partial charge in [0.15, 0.2) is 5.69 Å². The molecule has 0 saturated carbocycles. The van der Waals surface area contributed by atoms with Gasteiger partial charge in [-0.15, -0.1) is 0 Å². The summed E-state index contributed by atoms with van der Waals surface area (Å²) >= 11 is 0. The molecule has 4 rings (SSSR count). The first-order valence-corrected chi connectivity index (χ1v) is 11.4. The molecule has 1 aliphatic carbocycles. The van der Waals surface area contributed by atoms with Crippen LogP contribution in [-0.4, -0.2) is 70.7 Å². The van der Waals surface area contributed by atoms with Crippen LogP contribution in [0.15, 0.2) is 30.3 Å². The van der Waals surface area contributed by atoms with Gasteiger partial charge < -0.3 is 14.5 Å². The van der Waals surface area contributed by atoms with Gasteiger partial charge >= 0.3 is 5.97 Å². The maximum atomic E-state index is 13.2. The molecule has 1 aliphatic heterocycles. The number of piperidine rings is 1. The molecular formula is C24H30N4O4. The zero-order valence-corrected chi connectivity index (χ0v) is 18.7. The van der Waals surface area contributed by atoms with E-state index < -0.39 is 0 Å². The summed E-state index contributed by atoms with van der Waals surface area (Å²) in [6.45, 7) is 3.16. The summed E-state index contributed by atoms with van der Waals surface area (Å²) < 4.78 is 6.95. The van der Waals surface area contributed by atoms with Gasteiger partial charge in [-0.3, -0.25) is 14.4 Å². The summed E-state index contributed by atoms with van der Waals surface area (Å²) in [5.41, 5.74) is 3.46. The predicted molar refractivity (Wildman–Crippen MR) is 118 cm³/mol. The average molecular weight is 439 g/mol. The van der Waals surface area contributed by atoms with Crippen molar-refractivity contribution in [2.45, 2.75) is 39.0 Å². The van der Waals surface area contributed by atoms with Crippen molar-refractivity contribution in [2.24, 2.45) is 5.92 Å². The number of ether oxygens (including phenoxy) is 1. The highest BCUT2D eigenvalue weighted by Crippen LogP contribution is 2.28. The number of para-hydroxylation sites is 1. The van der Waals surface area contributed by atoms with E-state index in [-0.39, 0.29) is 30.2 Å². The van der Waals surface area contributed by atoms with Gasteiger partial charge in [-0.2, -0.15) is 5.10 Å².